The number of nitrogens with zero attached hydrogens (tertiary/aromatic N) is 2. The standard InChI is InChI=1S/C19H20N2O4S/c22-17(14-6-4-12-26-14)15-16(13-5-3-11-25-13)21(19(24)18(15)23)10-9-20-7-1-2-8-20/h3-6,11-12,16,23H,1-2,7-10H2. The lowest BCUT2D eigenvalue weighted by molar-refractivity contribution is -0.129. The number of carbonyl (C=O) groups excluding carboxylic acids is 2. The molecule has 2 aliphatic heterocycles. The van der Waals surface area contributed by atoms with Gasteiger partial charge in [-0.25, -0.2) is 0 Å². The van der Waals surface area contributed by atoms with Gasteiger partial charge in [-0.05, 0) is 49.5 Å². The number of aliphatic hydroxyl groups is 1. The van der Waals surface area contributed by atoms with Gasteiger partial charge in [-0.2, -0.15) is 0 Å². The quantitative estimate of drug-likeness (QED) is 0.789. The van der Waals surface area contributed by atoms with E-state index in [4.69, 9.17) is 4.42 Å². The number of likely N-dealkylation sites (tertiary alicyclic amines) is 1. The zero-order valence-corrected chi connectivity index (χ0v) is 15.1. The van der Waals surface area contributed by atoms with Crippen LogP contribution in [0, 0.1) is 0 Å². The number of furan rings is 1. The highest BCUT2D eigenvalue weighted by Crippen LogP contribution is 2.39. The van der Waals surface area contributed by atoms with Crippen LogP contribution in [-0.4, -0.2) is 52.8 Å². The minimum Gasteiger partial charge on any atom is -0.503 e. The fourth-order valence-corrected chi connectivity index (χ4v) is 4.33. The summed E-state index contributed by atoms with van der Waals surface area (Å²) in [5.41, 5.74) is 0.105. The van der Waals surface area contributed by atoms with Crippen LogP contribution in [0.3, 0.4) is 0 Å². The Morgan fingerprint density at radius 3 is 2.69 bits per heavy atom. The molecule has 0 bridgehead atoms. The normalized spacial score (nSPS) is 21.2. The first-order valence-electron chi connectivity index (χ1n) is 8.75. The number of hydrogen-bond donors (Lipinski definition) is 1. The van der Waals surface area contributed by atoms with E-state index in [9.17, 15) is 14.7 Å². The van der Waals surface area contributed by atoms with E-state index in [1.807, 2.05) is 0 Å². The number of ketones is 1. The Hall–Kier alpha value is -2.38. The summed E-state index contributed by atoms with van der Waals surface area (Å²) in [5, 5.41) is 12.3. The van der Waals surface area contributed by atoms with Gasteiger partial charge in [-0.1, -0.05) is 6.07 Å². The van der Waals surface area contributed by atoms with E-state index >= 15 is 0 Å². The summed E-state index contributed by atoms with van der Waals surface area (Å²) >= 11 is 1.29. The SMILES string of the molecule is O=C(C1=C(O)C(=O)N(CCN2CCCC2)C1c1ccco1)c1cccs1. The Morgan fingerprint density at radius 1 is 1.23 bits per heavy atom. The Kier molecular flexibility index (Phi) is 4.65. The van der Waals surface area contributed by atoms with E-state index in [1.165, 1.54) is 30.4 Å². The second kappa shape index (κ2) is 7.09. The van der Waals surface area contributed by atoms with Gasteiger partial charge >= 0.3 is 0 Å². The van der Waals surface area contributed by atoms with Crippen molar-refractivity contribution in [3.8, 4) is 0 Å². The van der Waals surface area contributed by atoms with Crippen LogP contribution in [0.15, 0.2) is 51.7 Å². The lowest BCUT2D eigenvalue weighted by atomic mass is 10.0. The van der Waals surface area contributed by atoms with Crippen molar-refractivity contribution < 1.29 is 19.1 Å². The maximum absolute atomic E-state index is 12.9. The molecule has 4 heterocycles. The zero-order valence-electron chi connectivity index (χ0n) is 14.3. The fourth-order valence-electron chi connectivity index (χ4n) is 3.65. The molecule has 0 aliphatic carbocycles. The van der Waals surface area contributed by atoms with E-state index in [1.54, 1.807) is 34.5 Å². The number of carbonyl (C=O) groups is 2. The highest BCUT2D eigenvalue weighted by molar-refractivity contribution is 7.12. The van der Waals surface area contributed by atoms with Gasteiger partial charge in [0.1, 0.15) is 11.8 Å². The second-order valence-electron chi connectivity index (χ2n) is 6.53. The van der Waals surface area contributed by atoms with Gasteiger partial charge in [0.25, 0.3) is 5.91 Å². The van der Waals surface area contributed by atoms with Crippen molar-refractivity contribution in [3.63, 3.8) is 0 Å². The smallest absolute Gasteiger partial charge is 0.290 e. The largest absolute Gasteiger partial charge is 0.503 e. The molecule has 136 valence electrons. The Balaban J connectivity index is 1.65. The molecule has 1 amide bonds. The maximum Gasteiger partial charge on any atom is 0.290 e. The monoisotopic (exact) mass is 372 g/mol. The van der Waals surface area contributed by atoms with E-state index in [-0.39, 0.29) is 11.4 Å². The Labute approximate surface area is 155 Å². The minimum absolute atomic E-state index is 0.105. The third-order valence-electron chi connectivity index (χ3n) is 4.96. The van der Waals surface area contributed by atoms with Crippen molar-refractivity contribution in [1.82, 2.24) is 9.80 Å². The van der Waals surface area contributed by atoms with Gasteiger partial charge in [-0.15, -0.1) is 11.3 Å². The molecule has 2 aliphatic rings. The van der Waals surface area contributed by atoms with Crippen LogP contribution in [0.1, 0.15) is 34.3 Å². The van der Waals surface area contributed by atoms with Crippen LogP contribution in [0.5, 0.6) is 0 Å². The molecule has 1 atom stereocenters. The maximum atomic E-state index is 12.9. The van der Waals surface area contributed by atoms with Crippen molar-refractivity contribution in [2.45, 2.75) is 18.9 Å². The predicted octanol–water partition coefficient (Wildman–Crippen LogP) is 3.02. The molecule has 7 heteroatoms. The van der Waals surface area contributed by atoms with Gasteiger partial charge < -0.3 is 19.3 Å². The van der Waals surface area contributed by atoms with Crippen LogP contribution in [0.25, 0.3) is 0 Å². The average Bonchev–Trinajstić information content (AvgIpc) is 3.43. The number of hydrogen-bond acceptors (Lipinski definition) is 6. The van der Waals surface area contributed by atoms with Crippen molar-refractivity contribution in [3.05, 3.63) is 57.9 Å². The van der Waals surface area contributed by atoms with Crippen molar-refractivity contribution in [1.29, 1.82) is 0 Å². The van der Waals surface area contributed by atoms with E-state index in [0.29, 0.717) is 17.2 Å². The molecule has 2 aromatic rings. The third-order valence-corrected chi connectivity index (χ3v) is 5.83. The summed E-state index contributed by atoms with van der Waals surface area (Å²) in [4.78, 5) is 30.0. The predicted molar refractivity (Wildman–Crippen MR) is 97.1 cm³/mol. The molecule has 2 aromatic heterocycles. The van der Waals surface area contributed by atoms with Gasteiger partial charge in [0.15, 0.2) is 5.76 Å². The number of thiophene rings is 1. The molecule has 26 heavy (non-hydrogen) atoms. The van der Waals surface area contributed by atoms with E-state index < -0.39 is 17.7 Å². The van der Waals surface area contributed by atoms with Crippen molar-refractivity contribution >= 4 is 23.0 Å². The van der Waals surface area contributed by atoms with Gasteiger partial charge in [-0.3, -0.25) is 9.59 Å². The van der Waals surface area contributed by atoms with Crippen LogP contribution >= 0.6 is 11.3 Å². The Bertz CT molecular complexity index is 820. The third kappa shape index (κ3) is 2.97. The molecule has 0 aromatic carbocycles. The lowest BCUT2D eigenvalue weighted by Gasteiger charge is -2.27. The highest BCUT2D eigenvalue weighted by atomic mass is 32.1. The molecule has 0 saturated carbocycles. The van der Waals surface area contributed by atoms with Gasteiger partial charge in [0.2, 0.25) is 5.78 Å². The number of aliphatic hydroxyl groups excluding tert-OH is 1. The lowest BCUT2D eigenvalue weighted by Crippen LogP contribution is -2.37. The second-order valence-corrected chi connectivity index (χ2v) is 7.48. The van der Waals surface area contributed by atoms with E-state index in [2.05, 4.69) is 4.90 Å². The fraction of sp³-hybridized carbons (Fsp3) is 0.368. The summed E-state index contributed by atoms with van der Waals surface area (Å²) < 4.78 is 5.51. The first-order chi connectivity index (χ1) is 12.7. The highest BCUT2D eigenvalue weighted by Gasteiger charge is 2.45. The summed E-state index contributed by atoms with van der Waals surface area (Å²) in [6.07, 6.45) is 3.85. The molecule has 1 N–H and O–H groups in total. The molecule has 0 radical (unpaired) electrons. The number of Topliss-reactive ketones (excluding diaryl/α,β-unsaturated/α-hetero) is 1. The summed E-state index contributed by atoms with van der Waals surface area (Å²) in [7, 11) is 0. The van der Waals surface area contributed by atoms with Crippen LogP contribution in [0.2, 0.25) is 0 Å². The van der Waals surface area contributed by atoms with Crippen LogP contribution in [0.4, 0.5) is 0 Å². The van der Waals surface area contributed by atoms with Crippen LogP contribution in [-0.2, 0) is 4.79 Å². The first kappa shape index (κ1) is 17.1. The molecule has 6 nitrogen and oxygen atoms in total. The van der Waals surface area contributed by atoms with Gasteiger partial charge in [0.05, 0.1) is 16.7 Å². The average molecular weight is 372 g/mol. The molecular formula is C19H20N2O4S. The first-order valence-corrected chi connectivity index (χ1v) is 9.63. The number of amides is 1. The number of rotatable bonds is 6. The molecule has 4 rings (SSSR count). The van der Waals surface area contributed by atoms with Crippen LogP contribution < -0.4 is 0 Å². The van der Waals surface area contributed by atoms with E-state index in [0.717, 1.165) is 19.6 Å². The van der Waals surface area contributed by atoms with Gasteiger partial charge in [0, 0.05) is 13.1 Å². The molecular weight excluding hydrogens is 352 g/mol. The topological polar surface area (TPSA) is 74.0 Å². The molecule has 0 spiro atoms. The summed E-state index contributed by atoms with van der Waals surface area (Å²) in [5.74, 6) is -0.809. The molecule has 1 fully saturated rings. The van der Waals surface area contributed by atoms with Crippen molar-refractivity contribution in [2.24, 2.45) is 0 Å². The molecule has 1 unspecified atom stereocenters. The summed E-state index contributed by atoms with van der Waals surface area (Å²) in [6, 6.07) is 6.25. The minimum atomic E-state index is -0.685. The van der Waals surface area contributed by atoms with Crippen molar-refractivity contribution in [2.75, 3.05) is 26.2 Å². The Morgan fingerprint density at radius 2 is 2.04 bits per heavy atom. The molecule has 1 saturated heterocycles. The summed E-state index contributed by atoms with van der Waals surface area (Å²) in [6.45, 7) is 3.20. The zero-order chi connectivity index (χ0) is 18.1.